The molecule has 1 aromatic heterocycles. The highest BCUT2D eigenvalue weighted by Crippen LogP contribution is 2.44. The maximum Gasteiger partial charge on any atom is 0.175 e. The fraction of sp³-hybridized carbons (Fsp3) is 0.0294. The standard InChI is InChI=1S/C34H24OS/c35-32(22-21-29-28-19-11-4-12-20-30(28)33-31(29)23-24-36-33)34(25-13-5-1-6-14-25,26-15-7-2-8-16-26)27-17-9-3-10-18-27/h1-24H/b22-21+. The summed E-state index contributed by atoms with van der Waals surface area (Å²) in [5.74, 6) is 0.0316. The van der Waals surface area contributed by atoms with Crippen molar-refractivity contribution in [2.24, 2.45) is 0 Å². The summed E-state index contributed by atoms with van der Waals surface area (Å²) in [6, 6.07) is 43.0. The van der Waals surface area contributed by atoms with E-state index in [1.807, 2.05) is 66.7 Å². The van der Waals surface area contributed by atoms with Crippen molar-refractivity contribution in [3.05, 3.63) is 161 Å². The molecule has 0 radical (unpaired) electrons. The lowest BCUT2D eigenvalue weighted by Gasteiger charge is -2.33. The fourth-order valence-electron chi connectivity index (χ4n) is 5.31. The summed E-state index contributed by atoms with van der Waals surface area (Å²) in [5.41, 5.74) is 5.38. The van der Waals surface area contributed by atoms with Gasteiger partial charge in [0.05, 0.1) is 0 Å². The lowest BCUT2D eigenvalue weighted by atomic mass is 9.66. The van der Waals surface area contributed by atoms with Crippen LogP contribution in [0.2, 0.25) is 0 Å². The second kappa shape index (κ2) is 9.41. The van der Waals surface area contributed by atoms with Gasteiger partial charge in [0.1, 0.15) is 5.41 Å². The molecule has 1 heterocycles. The first-order chi connectivity index (χ1) is 17.8. The summed E-state index contributed by atoms with van der Waals surface area (Å²) in [6.45, 7) is 0. The zero-order chi connectivity index (χ0) is 24.4. The van der Waals surface area contributed by atoms with Gasteiger partial charge in [-0.15, -0.1) is 11.3 Å². The number of ketones is 1. The van der Waals surface area contributed by atoms with Gasteiger partial charge in [0, 0.05) is 15.6 Å². The number of hydrogen-bond acceptors (Lipinski definition) is 2. The highest BCUT2D eigenvalue weighted by atomic mass is 32.1. The Hall–Kier alpha value is -4.27. The van der Waals surface area contributed by atoms with Crippen LogP contribution in [0.5, 0.6) is 0 Å². The lowest BCUT2D eigenvalue weighted by Crippen LogP contribution is -2.37. The Morgan fingerprint density at radius 3 is 1.58 bits per heavy atom. The van der Waals surface area contributed by atoms with Crippen molar-refractivity contribution in [2.45, 2.75) is 5.41 Å². The molecule has 3 aromatic carbocycles. The molecule has 0 amide bonds. The first-order valence-electron chi connectivity index (χ1n) is 12.1. The van der Waals surface area contributed by atoms with Crippen LogP contribution in [0.15, 0.2) is 139 Å². The summed E-state index contributed by atoms with van der Waals surface area (Å²) >= 11 is 1.74. The molecule has 2 aliphatic rings. The van der Waals surface area contributed by atoms with Crippen LogP contribution < -0.4 is 0 Å². The van der Waals surface area contributed by atoms with Crippen LogP contribution >= 0.6 is 11.3 Å². The zero-order valence-electron chi connectivity index (χ0n) is 19.7. The summed E-state index contributed by atoms with van der Waals surface area (Å²) in [6.07, 6.45) is 3.80. The van der Waals surface area contributed by atoms with Crippen molar-refractivity contribution in [2.75, 3.05) is 0 Å². The molecule has 0 aliphatic heterocycles. The maximum absolute atomic E-state index is 14.5. The molecule has 6 rings (SSSR count). The lowest BCUT2D eigenvalue weighted by molar-refractivity contribution is -0.117. The Kier molecular flexibility index (Phi) is 5.80. The van der Waals surface area contributed by atoms with E-state index in [2.05, 4.69) is 72.1 Å². The third kappa shape index (κ3) is 3.59. The minimum absolute atomic E-state index is 0.0316. The molecule has 0 saturated heterocycles. The van der Waals surface area contributed by atoms with Gasteiger partial charge < -0.3 is 0 Å². The molecule has 0 N–H and O–H groups in total. The SMILES string of the molecule is O=C(/C=C/c1c2cccccc-2c2sccc12)C(c1ccccc1)(c1ccccc1)c1ccccc1. The molecule has 0 atom stereocenters. The van der Waals surface area contributed by atoms with Crippen LogP contribution in [0.3, 0.4) is 0 Å². The van der Waals surface area contributed by atoms with Crippen LogP contribution in [-0.4, -0.2) is 5.78 Å². The highest BCUT2D eigenvalue weighted by Gasteiger charge is 2.42. The Morgan fingerprint density at radius 2 is 1.06 bits per heavy atom. The van der Waals surface area contributed by atoms with Crippen LogP contribution in [0.1, 0.15) is 22.3 Å². The van der Waals surface area contributed by atoms with Crippen LogP contribution in [0.4, 0.5) is 0 Å². The molecule has 0 fully saturated rings. The number of benzene rings is 3. The molecule has 2 heteroatoms. The molecular formula is C34H24OS. The summed E-state index contributed by atoms with van der Waals surface area (Å²) < 4.78 is 1.26. The van der Waals surface area contributed by atoms with Crippen molar-refractivity contribution in [3.63, 3.8) is 0 Å². The van der Waals surface area contributed by atoms with Crippen LogP contribution in [-0.2, 0) is 10.2 Å². The van der Waals surface area contributed by atoms with Gasteiger partial charge in [-0.2, -0.15) is 0 Å². The predicted molar refractivity (Wildman–Crippen MR) is 152 cm³/mol. The maximum atomic E-state index is 14.5. The molecule has 0 saturated carbocycles. The van der Waals surface area contributed by atoms with Gasteiger partial charge >= 0.3 is 0 Å². The Labute approximate surface area is 215 Å². The van der Waals surface area contributed by atoms with Crippen molar-refractivity contribution >= 4 is 33.3 Å². The van der Waals surface area contributed by atoms with Gasteiger partial charge in [0.15, 0.2) is 5.78 Å². The number of hydrogen-bond donors (Lipinski definition) is 0. The van der Waals surface area contributed by atoms with Crippen molar-refractivity contribution in [1.82, 2.24) is 0 Å². The van der Waals surface area contributed by atoms with Gasteiger partial charge in [-0.05, 0) is 45.3 Å². The molecule has 4 aromatic rings. The van der Waals surface area contributed by atoms with Crippen LogP contribution in [0.25, 0.3) is 27.3 Å². The molecule has 2 aliphatic carbocycles. The molecule has 0 spiro atoms. The molecule has 36 heavy (non-hydrogen) atoms. The fourth-order valence-corrected chi connectivity index (χ4v) is 6.26. The number of thiophene rings is 1. The quantitative estimate of drug-likeness (QED) is 0.172. The first kappa shape index (κ1) is 22.2. The molecule has 1 nitrogen and oxygen atoms in total. The second-order valence-corrected chi connectivity index (χ2v) is 9.78. The molecule has 172 valence electrons. The molecule has 0 unspecified atom stereocenters. The van der Waals surface area contributed by atoms with Gasteiger partial charge in [-0.25, -0.2) is 0 Å². The minimum atomic E-state index is -0.957. The normalized spacial score (nSPS) is 11.9. The van der Waals surface area contributed by atoms with E-state index >= 15 is 0 Å². The minimum Gasteiger partial charge on any atom is -0.293 e. The predicted octanol–water partition coefficient (Wildman–Crippen LogP) is 8.62. The van der Waals surface area contributed by atoms with E-state index in [-0.39, 0.29) is 5.78 Å². The summed E-state index contributed by atoms with van der Waals surface area (Å²) in [5, 5.41) is 3.31. The molecular weight excluding hydrogens is 456 g/mol. The van der Waals surface area contributed by atoms with E-state index in [9.17, 15) is 4.79 Å². The van der Waals surface area contributed by atoms with E-state index in [0.29, 0.717) is 0 Å². The second-order valence-electron chi connectivity index (χ2n) is 8.86. The number of carbonyl (C=O) groups is 1. The van der Waals surface area contributed by atoms with E-state index in [1.54, 1.807) is 17.4 Å². The van der Waals surface area contributed by atoms with Crippen molar-refractivity contribution in [1.29, 1.82) is 0 Å². The van der Waals surface area contributed by atoms with Gasteiger partial charge in [-0.3, -0.25) is 4.79 Å². The van der Waals surface area contributed by atoms with Crippen molar-refractivity contribution < 1.29 is 4.79 Å². The number of fused-ring (bicyclic) bond motifs is 3. The number of carbonyl (C=O) groups excluding carboxylic acids is 1. The average molecular weight is 481 g/mol. The average Bonchev–Trinajstić information content (AvgIpc) is 3.42. The number of rotatable bonds is 6. The van der Waals surface area contributed by atoms with Crippen molar-refractivity contribution in [3.8, 4) is 11.1 Å². The third-order valence-electron chi connectivity index (χ3n) is 6.92. The van der Waals surface area contributed by atoms with Gasteiger partial charge in [0.25, 0.3) is 0 Å². The zero-order valence-corrected chi connectivity index (χ0v) is 20.5. The summed E-state index contributed by atoms with van der Waals surface area (Å²) in [4.78, 5) is 14.5. The smallest absolute Gasteiger partial charge is 0.175 e. The largest absolute Gasteiger partial charge is 0.293 e. The van der Waals surface area contributed by atoms with Gasteiger partial charge in [0.2, 0.25) is 0 Å². The van der Waals surface area contributed by atoms with Gasteiger partial charge in [-0.1, -0.05) is 127 Å². The number of allylic oxidation sites excluding steroid dienone is 1. The van der Waals surface area contributed by atoms with E-state index in [4.69, 9.17) is 0 Å². The molecule has 0 bridgehead atoms. The Bertz CT molecular complexity index is 1530. The summed E-state index contributed by atoms with van der Waals surface area (Å²) in [7, 11) is 0. The Morgan fingerprint density at radius 1 is 0.583 bits per heavy atom. The Balaban J connectivity index is 1.57. The highest BCUT2D eigenvalue weighted by molar-refractivity contribution is 7.18. The first-order valence-corrected chi connectivity index (χ1v) is 12.9. The van der Waals surface area contributed by atoms with E-state index < -0.39 is 5.41 Å². The van der Waals surface area contributed by atoms with Crippen LogP contribution in [0, 0.1) is 0 Å². The van der Waals surface area contributed by atoms with E-state index in [1.165, 1.54) is 15.6 Å². The monoisotopic (exact) mass is 480 g/mol. The topological polar surface area (TPSA) is 17.1 Å². The van der Waals surface area contributed by atoms with E-state index in [0.717, 1.165) is 27.8 Å². The third-order valence-corrected chi connectivity index (χ3v) is 7.87.